The Hall–Kier alpha value is -2.57. The van der Waals surface area contributed by atoms with E-state index in [0.717, 1.165) is 37.7 Å². The zero-order chi connectivity index (χ0) is 19.9. The van der Waals surface area contributed by atoms with Crippen molar-refractivity contribution in [3.05, 3.63) is 59.7 Å². The first-order chi connectivity index (χ1) is 13.6. The molecule has 0 spiro atoms. The van der Waals surface area contributed by atoms with Gasteiger partial charge in [-0.15, -0.1) is 0 Å². The molecule has 1 saturated heterocycles. The van der Waals surface area contributed by atoms with Crippen molar-refractivity contribution in [1.29, 1.82) is 0 Å². The van der Waals surface area contributed by atoms with E-state index in [1.807, 2.05) is 12.1 Å². The molecule has 28 heavy (non-hydrogen) atoms. The standard InChI is InChI=1S/C22H29N3O3/c1-24-12-14-25(15-13-24)21(17-4-8-19(27-2)9-5-17)16-23-22(26)18-6-10-20(28-3)11-7-18/h4-11,21H,12-16H2,1-3H3,(H,23,26)/t21-/m0/s1. The molecule has 1 atom stereocenters. The predicted molar refractivity (Wildman–Crippen MR) is 110 cm³/mol. The highest BCUT2D eigenvalue weighted by Gasteiger charge is 2.24. The Labute approximate surface area is 167 Å². The van der Waals surface area contributed by atoms with Crippen LogP contribution in [-0.4, -0.2) is 69.7 Å². The van der Waals surface area contributed by atoms with Gasteiger partial charge >= 0.3 is 0 Å². The first-order valence-corrected chi connectivity index (χ1v) is 9.59. The molecule has 1 aliphatic heterocycles. The molecule has 6 nitrogen and oxygen atoms in total. The van der Waals surface area contributed by atoms with Gasteiger partial charge in [-0.3, -0.25) is 9.69 Å². The average Bonchev–Trinajstić information content (AvgIpc) is 2.75. The first-order valence-electron chi connectivity index (χ1n) is 9.59. The quantitative estimate of drug-likeness (QED) is 0.796. The van der Waals surface area contributed by atoms with E-state index in [9.17, 15) is 4.79 Å². The number of carbonyl (C=O) groups excluding carboxylic acids is 1. The number of carbonyl (C=O) groups is 1. The van der Waals surface area contributed by atoms with E-state index < -0.39 is 0 Å². The molecule has 1 heterocycles. The maximum Gasteiger partial charge on any atom is 0.251 e. The minimum absolute atomic E-state index is 0.0738. The fourth-order valence-corrected chi connectivity index (χ4v) is 3.45. The van der Waals surface area contributed by atoms with Crippen LogP contribution in [0.1, 0.15) is 22.0 Å². The Bertz CT molecular complexity index is 754. The molecule has 2 aromatic carbocycles. The van der Waals surface area contributed by atoms with Crippen LogP contribution in [0.15, 0.2) is 48.5 Å². The number of likely N-dealkylation sites (N-methyl/N-ethyl adjacent to an activating group) is 1. The van der Waals surface area contributed by atoms with E-state index in [1.54, 1.807) is 38.5 Å². The minimum atomic E-state index is -0.0738. The third kappa shape index (κ3) is 5.03. The second-order valence-corrected chi connectivity index (χ2v) is 7.07. The summed E-state index contributed by atoms with van der Waals surface area (Å²) in [6, 6.07) is 15.4. The molecule has 1 fully saturated rings. The number of methoxy groups -OCH3 is 2. The molecule has 3 rings (SSSR count). The van der Waals surface area contributed by atoms with Crippen molar-refractivity contribution in [1.82, 2.24) is 15.1 Å². The van der Waals surface area contributed by atoms with Crippen molar-refractivity contribution in [3.63, 3.8) is 0 Å². The van der Waals surface area contributed by atoms with E-state index >= 15 is 0 Å². The van der Waals surface area contributed by atoms with Gasteiger partial charge in [0.25, 0.3) is 5.91 Å². The van der Waals surface area contributed by atoms with Gasteiger partial charge in [-0.05, 0) is 49.0 Å². The van der Waals surface area contributed by atoms with Crippen LogP contribution in [0.2, 0.25) is 0 Å². The highest BCUT2D eigenvalue weighted by Crippen LogP contribution is 2.24. The zero-order valence-corrected chi connectivity index (χ0v) is 16.9. The normalized spacial score (nSPS) is 16.4. The summed E-state index contributed by atoms with van der Waals surface area (Å²) in [5, 5.41) is 3.11. The third-order valence-corrected chi connectivity index (χ3v) is 5.29. The summed E-state index contributed by atoms with van der Waals surface area (Å²) in [5.41, 5.74) is 1.81. The largest absolute Gasteiger partial charge is 0.497 e. The smallest absolute Gasteiger partial charge is 0.251 e. The molecule has 1 aliphatic rings. The Morgan fingerprint density at radius 2 is 1.46 bits per heavy atom. The number of nitrogens with zero attached hydrogens (tertiary/aromatic N) is 2. The molecule has 0 unspecified atom stereocenters. The van der Waals surface area contributed by atoms with E-state index in [4.69, 9.17) is 9.47 Å². The Kier molecular flexibility index (Phi) is 6.90. The van der Waals surface area contributed by atoms with E-state index in [2.05, 4.69) is 34.3 Å². The lowest BCUT2D eigenvalue weighted by Crippen LogP contribution is -2.48. The molecular formula is C22H29N3O3. The van der Waals surface area contributed by atoms with E-state index in [1.165, 1.54) is 5.56 Å². The van der Waals surface area contributed by atoms with Gasteiger partial charge < -0.3 is 19.7 Å². The molecule has 6 heteroatoms. The molecule has 2 aromatic rings. The number of piperazine rings is 1. The van der Waals surface area contributed by atoms with Crippen LogP contribution in [0.25, 0.3) is 0 Å². The minimum Gasteiger partial charge on any atom is -0.497 e. The predicted octanol–water partition coefficient (Wildman–Crippen LogP) is 2.42. The number of benzene rings is 2. The van der Waals surface area contributed by atoms with Crippen molar-refractivity contribution in [2.75, 3.05) is 54.0 Å². The van der Waals surface area contributed by atoms with Gasteiger partial charge in [0, 0.05) is 38.3 Å². The zero-order valence-electron chi connectivity index (χ0n) is 16.9. The third-order valence-electron chi connectivity index (χ3n) is 5.29. The summed E-state index contributed by atoms with van der Waals surface area (Å²) in [6.45, 7) is 4.57. The van der Waals surface area contributed by atoms with Crippen LogP contribution in [0.4, 0.5) is 0 Å². The molecule has 0 aliphatic carbocycles. The number of hydrogen-bond donors (Lipinski definition) is 1. The summed E-state index contributed by atoms with van der Waals surface area (Å²) in [4.78, 5) is 17.4. The van der Waals surface area contributed by atoms with Crippen LogP contribution in [0, 0.1) is 0 Å². The lowest BCUT2D eigenvalue weighted by atomic mass is 10.0. The Morgan fingerprint density at radius 1 is 0.929 bits per heavy atom. The molecule has 0 aromatic heterocycles. The summed E-state index contributed by atoms with van der Waals surface area (Å²) in [5.74, 6) is 1.50. The van der Waals surface area contributed by atoms with Crippen molar-refractivity contribution < 1.29 is 14.3 Å². The number of ether oxygens (including phenoxy) is 2. The Morgan fingerprint density at radius 3 is 2.00 bits per heavy atom. The van der Waals surface area contributed by atoms with Gasteiger partial charge in [0.2, 0.25) is 0 Å². The highest BCUT2D eigenvalue weighted by atomic mass is 16.5. The number of rotatable bonds is 7. The lowest BCUT2D eigenvalue weighted by Gasteiger charge is -2.38. The second kappa shape index (κ2) is 9.57. The van der Waals surface area contributed by atoms with Crippen LogP contribution in [0.5, 0.6) is 11.5 Å². The summed E-state index contributed by atoms with van der Waals surface area (Å²) in [6.07, 6.45) is 0. The van der Waals surface area contributed by atoms with E-state index in [0.29, 0.717) is 12.1 Å². The molecule has 0 radical (unpaired) electrons. The van der Waals surface area contributed by atoms with Gasteiger partial charge in [-0.2, -0.15) is 0 Å². The molecule has 1 N–H and O–H groups in total. The van der Waals surface area contributed by atoms with Crippen molar-refractivity contribution in [3.8, 4) is 11.5 Å². The van der Waals surface area contributed by atoms with Crippen LogP contribution < -0.4 is 14.8 Å². The van der Waals surface area contributed by atoms with Gasteiger partial charge in [0.1, 0.15) is 11.5 Å². The van der Waals surface area contributed by atoms with Crippen LogP contribution in [0.3, 0.4) is 0 Å². The SMILES string of the molecule is COc1ccc(C(=O)NC[C@@H](c2ccc(OC)cc2)N2CCN(C)CC2)cc1. The lowest BCUT2D eigenvalue weighted by molar-refractivity contribution is 0.0886. The van der Waals surface area contributed by atoms with Gasteiger partial charge in [-0.1, -0.05) is 12.1 Å². The summed E-state index contributed by atoms with van der Waals surface area (Å²) < 4.78 is 10.4. The fourth-order valence-electron chi connectivity index (χ4n) is 3.45. The first kappa shape index (κ1) is 20.2. The molecule has 0 bridgehead atoms. The fraction of sp³-hybridized carbons (Fsp3) is 0.409. The van der Waals surface area contributed by atoms with Crippen LogP contribution >= 0.6 is 0 Å². The van der Waals surface area contributed by atoms with Crippen molar-refractivity contribution in [2.45, 2.75) is 6.04 Å². The maximum absolute atomic E-state index is 12.6. The summed E-state index contributed by atoms with van der Waals surface area (Å²) in [7, 11) is 5.43. The van der Waals surface area contributed by atoms with Gasteiger partial charge in [0.05, 0.1) is 20.3 Å². The van der Waals surface area contributed by atoms with E-state index in [-0.39, 0.29) is 11.9 Å². The summed E-state index contributed by atoms with van der Waals surface area (Å²) >= 11 is 0. The molecule has 0 saturated carbocycles. The van der Waals surface area contributed by atoms with Crippen molar-refractivity contribution in [2.24, 2.45) is 0 Å². The molecular weight excluding hydrogens is 354 g/mol. The van der Waals surface area contributed by atoms with Crippen LogP contribution in [-0.2, 0) is 0 Å². The monoisotopic (exact) mass is 383 g/mol. The molecule has 1 amide bonds. The van der Waals surface area contributed by atoms with Gasteiger partial charge in [-0.25, -0.2) is 0 Å². The highest BCUT2D eigenvalue weighted by molar-refractivity contribution is 5.94. The number of nitrogens with one attached hydrogen (secondary N) is 1. The molecule has 150 valence electrons. The van der Waals surface area contributed by atoms with Gasteiger partial charge in [0.15, 0.2) is 0 Å². The Balaban J connectivity index is 1.71. The topological polar surface area (TPSA) is 54.0 Å². The van der Waals surface area contributed by atoms with Crippen molar-refractivity contribution >= 4 is 5.91 Å². The number of hydrogen-bond acceptors (Lipinski definition) is 5. The second-order valence-electron chi connectivity index (χ2n) is 7.07. The number of amides is 1. The maximum atomic E-state index is 12.6. The average molecular weight is 383 g/mol.